The fourth-order valence-corrected chi connectivity index (χ4v) is 2.39. The quantitative estimate of drug-likeness (QED) is 0.763. The number of para-hydroxylation sites is 1. The third kappa shape index (κ3) is 2.17. The van der Waals surface area contributed by atoms with Gasteiger partial charge in [-0.3, -0.25) is 4.57 Å². The molecule has 1 aromatic heterocycles. The second-order valence-corrected chi connectivity index (χ2v) is 5.23. The van der Waals surface area contributed by atoms with Crippen molar-refractivity contribution in [3.63, 3.8) is 0 Å². The standard InChI is InChI=1S/C14H11BrN2O2/c15-10-6-4-9(5-7-10)8-17-13-11(16-14(17)19)2-1-3-12(13)18/h1-7,18H,8H2,(H,16,19). The molecule has 0 saturated heterocycles. The van der Waals surface area contributed by atoms with Gasteiger partial charge in [0.2, 0.25) is 0 Å². The van der Waals surface area contributed by atoms with Gasteiger partial charge in [-0.05, 0) is 29.8 Å². The van der Waals surface area contributed by atoms with Crippen LogP contribution in [0.3, 0.4) is 0 Å². The maximum absolute atomic E-state index is 11.9. The molecule has 19 heavy (non-hydrogen) atoms. The highest BCUT2D eigenvalue weighted by Gasteiger charge is 2.10. The number of nitrogens with zero attached hydrogens (tertiary/aromatic N) is 1. The number of aromatic nitrogens is 2. The van der Waals surface area contributed by atoms with Gasteiger partial charge in [0.15, 0.2) is 0 Å². The fourth-order valence-electron chi connectivity index (χ4n) is 2.12. The van der Waals surface area contributed by atoms with Crippen LogP contribution >= 0.6 is 15.9 Å². The molecule has 0 bridgehead atoms. The molecule has 2 aromatic carbocycles. The van der Waals surface area contributed by atoms with Crippen LogP contribution in [0.1, 0.15) is 5.56 Å². The van der Waals surface area contributed by atoms with E-state index in [9.17, 15) is 9.90 Å². The fraction of sp³-hybridized carbons (Fsp3) is 0.0714. The topological polar surface area (TPSA) is 58.0 Å². The molecule has 0 unspecified atom stereocenters. The summed E-state index contributed by atoms with van der Waals surface area (Å²) in [6.07, 6.45) is 0. The van der Waals surface area contributed by atoms with Crippen molar-refractivity contribution >= 4 is 27.0 Å². The molecular formula is C14H11BrN2O2. The van der Waals surface area contributed by atoms with Gasteiger partial charge >= 0.3 is 5.69 Å². The van der Waals surface area contributed by atoms with Crippen LogP contribution in [-0.4, -0.2) is 14.7 Å². The highest BCUT2D eigenvalue weighted by atomic mass is 79.9. The molecule has 5 heteroatoms. The Morgan fingerprint density at radius 3 is 2.63 bits per heavy atom. The Morgan fingerprint density at radius 2 is 1.89 bits per heavy atom. The van der Waals surface area contributed by atoms with Crippen LogP contribution in [0.15, 0.2) is 51.7 Å². The molecule has 3 aromatic rings. The number of aromatic amines is 1. The number of halogens is 1. The van der Waals surface area contributed by atoms with E-state index in [1.54, 1.807) is 18.2 Å². The van der Waals surface area contributed by atoms with E-state index in [-0.39, 0.29) is 11.4 Å². The third-order valence-corrected chi connectivity index (χ3v) is 3.55. The number of aromatic hydroxyl groups is 1. The molecule has 0 aliphatic heterocycles. The van der Waals surface area contributed by atoms with Crippen molar-refractivity contribution in [2.75, 3.05) is 0 Å². The van der Waals surface area contributed by atoms with Crippen molar-refractivity contribution in [2.24, 2.45) is 0 Å². The Labute approximate surface area is 117 Å². The van der Waals surface area contributed by atoms with Gasteiger partial charge in [0, 0.05) is 4.47 Å². The summed E-state index contributed by atoms with van der Waals surface area (Å²) in [7, 11) is 0. The molecule has 0 atom stereocenters. The Morgan fingerprint density at radius 1 is 1.16 bits per heavy atom. The first kappa shape index (κ1) is 12.0. The molecule has 1 heterocycles. The first-order valence-corrected chi connectivity index (χ1v) is 6.59. The van der Waals surface area contributed by atoms with Gasteiger partial charge in [0.05, 0.1) is 12.1 Å². The molecular weight excluding hydrogens is 308 g/mol. The zero-order chi connectivity index (χ0) is 13.4. The highest BCUT2D eigenvalue weighted by molar-refractivity contribution is 9.10. The van der Waals surface area contributed by atoms with Crippen LogP contribution in [0.2, 0.25) is 0 Å². The number of fused-ring (bicyclic) bond motifs is 1. The number of phenolic OH excluding ortho intramolecular Hbond substituents is 1. The van der Waals surface area contributed by atoms with E-state index in [2.05, 4.69) is 20.9 Å². The number of hydrogen-bond donors (Lipinski definition) is 2. The van der Waals surface area contributed by atoms with E-state index in [1.807, 2.05) is 24.3 Å². The van der Waals surface area contributed by atoms with Gasteiger partial charge < -0.3 is 10.1 Å². The summed E-state index contributed by atoms with van der Waals surface area (Å²) in [5.41, 5.74) is 1.95. The lowest BCUT2D eigenvalue weighted by molar-refractivity contribution is 0.478. The van der Waals surface area contributed by atoms with E-state index >= 15 is 0 Å². The van der Waals surface area contributed by atoms with Crippen molar-refractivity contribution in [1.29, 1.82) is 0 Å². The maximum Gasteiger partial charge on any atom is 0.326 e. The first-order valence-electron chi connectivity index (χ1n) is 5.80. The summed E-state index contributed by atoms with van der Waals surface area (Å²) in [6.45, 7) is 0.420. The minimum absolute atomic E-state index is 0.105. The number of rotatable bonds is 2. The van der Waals surface area contributed by atoms with E-state index in [0.717, 1.165) is 10.0 Å². The van der Waals surface area contributed by atoms with Crippen molar-refractivity contribution in [3.8, 4) is 5.75 Å². The summed E-state index contributed by atoms with van der Waals surface area (Å²) >= 11 is 3.37. The minimum Gasteiger partial charge on any atom is -0.506 e. The largest absolute Gasteiger partial charge is 0.506 e. The average Bonchev–Trinajstić information content (AvgIpc) is 2.70. The van der Waals surface area contributed by atoms with Crippen molar-refractivity contribution in [1.82, 2.24) is 9.55 Å². The molecule has 96 valence electrons. The van der Waals surface area contributed by atoms with Crippen LogP contribution in [0.4, 0.5) is 0 Å². The van der Waals surface area contributed by atoms with E-state index in [1.165, 1.54) is 4.57 Å². The van der Waals surface area contributed by atoms with Gasteiger partial charge in [-0.15, -0.1) is 0 Å². The van der Waals surface area contributed by atoms with Crippen molar-refractivity contribution in [3.05, 3.63) is 63.0 Å². The Bertz CT molecular complexity index is 787. The highest BCUT2D eigenvalue weighted by Crippen LogP contribution is 2.22. The van der Waals surface area contributed by atoms with Gasteiger partial charge in [-0.1, -0.05) is 34.1 Å². The second-order valence-electron chi connectivity index (χ2n) is 4.32. The number of hydrogen-bond acceptors (Lipinski definition) is 2. The van der Waals surface area contributed by atoms with Crippen molar-refractivity contribution < 1.29 is 5.11 Å². The first-order chi connectivity index (χ1) is 9.15. The molecule has 0 amide bonds. The van der Waals surface area contributed by atoms with Crippen LogP contribution in [0.5, 0.6) is 5.75 Å². The van der Waals surface area contributed by atoms with Gasteiger partial charge in [-0.2, -0.15) is 0 Å². The number of phenols is 1. The summed E-state index contributed by atoms with van der Waals surface area (Å²) in [5.74, 6) is 0.105. The van der Waals surface area contributed by atoms with E-state index in [0.29, 0.717) is 17.6 Å². The van der Waals surface area contributed by atoms with Crippen LogP contribution in [0, 0.1) is 0 Å². The average molecular weight is 319 g/mol. The van der Waals surface area contributed by atoms with E-state index in [4.69, 9.17) is 0 Å². The van der Waals surface area contributed by atoms with Gasteiger partial charge in [-0.25, -0.2) is 4.79 Å². The maximum atomic E-state index is 11.9. The number of nitrogens with one attached hydrogen (secondary N) is 1. The molecule has 0 radical (unpaired) electrons. The van der Waals surface area contributed by atoms with E-state index < -0.39 is 0 Å². The molecule has 0 aliphatic rings. The van der Waals surface area contributed by atoms with Crippen LogP contribution in [-0.2, 0) is 6.54 Å². The lowest BCUT2D eigenvalue weighted by Crippen LogP contribution is -2.17. The zero-order valence-electron chi connectivity index (χ0n) is 9.93. The Hall–Kier alpha value is -2.01. The predicted octanol–water partition coefficient (Wildman–Crippen LogP) is 2.85. The molecule has 4 nitrogen and oxygen atoms in total. The Balaban J connectivity index is 2.12. The lowest BCUT2D eigenvalue weighted by Gasteiger charge is -2.05. The molecule has 0 fully saturated rings. The minimum atomic E-state index is -0.223. The second kappa shape index (κ2) is 4.59. The van der Waals surface area contributed by atoms with Gasteiger partial charge in [0.25, 0.3) is 0 Å². The molecule has 0 spiro atoms. The third-order valence-electron chi connectivity index (χ3n) is 3.03. The normalized spacial score (nSPS) is 11.0. The van der Waals surface area contributed by atoms with Crippen molar-refractivity contribution in [2.45, 2.75) is 6.54 Å². The summed E-state index contributed by atoms with van der Waals surface area (Å²) in [6, 6.07) is 12.8. The number of imidazole rings is 1. The molecule has 3 rings (SSSR count). The predicted molar refractivity (Wildman–Crippen MR) is 77.5 cm³/mol. The number of H-pyrrole nitrogens is 1. The SMILES string of the molecule is O=c1[nH]c2cccc(O)c2n1Cc1ccc(Br)cc1. The monoisotopic (exact) mass is 318 g/mol. The van der Waals surface area contributed by atoms with Crippen LogP contribution in [0.25, 0.3) is 11.0 Å². The molecule has 2 N–H and O–H groups in total. The summed E-state index contributed by atoms with van der Waals surface area (Å²) in [4.78, 5) is 14.7. The molecule has 0 saturated carbocycles. The zero-order valence-corrected chi connectivity index (χ0v) is 11.5. The van der Waals surface area contributed by atoms with Gasteiger partial charge in [0.1, 0.15) is 11.3 Å². The Kier molecular flexibility index (Phi) is 2.91. The molecule has 0 aliphatic carbocycles. The number of benzene rings is 2. The summed E-state index contributed by atoms with van der Waals surface area (Å²) in [5, 5.41) is 9.90. The lowest BCUT2D eigenvalue weighted by atomic mass is 10.2. The van der Waals surface area contributed by atoms with Crippen LogP contribution < -0.4 is 5.69 Å². The summed E-state index contributed by atoms with van der Waals surface area (Å²) < 4.78 is 2.53. The smallest absolute Gasteiger partial charge is 0.326 e.